The van der Waals surface area contributed by atoms with E-state index < -0.39 is 5.41 Å². The van der Waals surface area contributed by atoms with Crippen LogP contribution in [0.25, 0.3) is 0 Å². The maximum Gasteiger partial charge on any atom is 0.319 e. The van der Waals surface area contributed by atoms with Gasteiger partial charge in [0.1, 0.15) is 5.41 Å². The first-order valence-electron chi connectivity index (χ1n) is 5.04. The summed E-state index contributed by atoms with van der Waals surface area (Å²) in [5, 5.41) is 0. The van der Waals surface area contributed by atoms with Gasteiger partial charge in [-0.05, 0) is 38.7 Å². The average Bonchev–Trinajstić information content (AvgIpc) is 2.15. The lowest BCUT2D eigenvalue weighted by Crippen LogP contribution is -2.44. The Balaban J connectivity index is 2.31. The fourth-order valence-corrected chi connectivity index (χ4v) is 2.20. The van der Waals surface area contributed by atoms with E-state index in [0.717, 1.165) is 18.4 Å². The number of ether oxygens (including phenoxy) is 1. The molecule has 3 heteroatoms. The summed E-state index contributed by atoms with van der Waals surface area (Å²) >= 11 is 0. The summed E-state index contributed by atoms with van der Waals surface area (Å²) in [4.78, 5) is 23.4. The molecule has 1 aliphatic carbocycles. The first kappa shape index (κ1) is 9.44. The Hall–Kier alpha value is -1.12. The second kappa shape index (κ2) is 3.23. The summed E-state index contributed by atoms with van der Waals surface area (Å²) in [5.74, 6) is -0.358. The zero-order valence-electron chi connectivity index (χ0n) is 8.34. The monoisotopic (exact) mass is 194 g/mol. The minimum absolute atomic E-state index is 0.0500. The van der Waals surface area contributed by atoms with Crippen molar-refractivity contribution in [2.45, 2.75) is 32.6 Å². The molecule has 2 aliphatic rings. The van der Waals surface area contributed by atoms with E-state index >= 15 is 0 Å². The van der Waals surface area contributed by atoms with Crippen LogP contribution in [0.5, 0.6) is 0 Å². The molecule has 0 N–H and O–H groups in total. The molecule has 3 nitrogen and oxygen atoms in total. The number of rotatable bonds is 0. The van der Waals surface area contributed by atoms with Crippen molar-refractivity contribution in [3.05, 3.63) is 11.6 Å². The van der Waals surface area contributed by atoms with Crippen molar-refractivity contribution in [2.24, 2.45) is 5.41 Å². The molecule has 0 aromatic heterocycles. The molecule has 0 aromatic carbocycles. The third-order valence-electron chi connectivity index (χ3n) is 3.17. The van der Waals surface area contributed by atoms with Gasteiger partial charge in [-0.2, -0.15) is 0 Å². The molecule has 1 aliphatic heterocycles. The summed E-state index contributed by atoms with van der Waals surface area (Å²) in [6.07, 6.45) is 4.54. The number of hydrogen-bond acceptors (Lipinski definition) is 3. The van der Waals surface area contributed by atoms with E-state index in [1.165, 1.54) is 0 Å². The molecule has 1 unspecified atom stereocenters. The summed E-state index contributed by atoms with van der Waals surface area (Å²) < 4.78 is 4.99. The molecule has 0 radical (unpaired) electrons. The van der Waals surface area contributed by atoms with Crippen LogP contribution in [0.15, 0.2) is 11.6 Å². The maximum atomic E-state index is 11.8. The Morgan fingerprint density at radius 2 is 2.14 bits per heavy atom. The Kier molecular flexibility index (Phi) is 2.17. The molecule has 76 valence electrons. The minimum Gasteiger partial charge on any atom is -0.465 e. The van der Waals surface area contributed by atoms with Gasteiger partial charge in [0.15, 0.2) is 5.78 Å². The lowest BCUT2D eigenvalue weighted by Gasteiger charge is -2.35. The van der Waals surface area contributed by atoms with E-state index in [9.17, 15) is 9.59 Å². The summed E-state index contributed by atoms with van der Waals surface area (Å²) in [7, 11) is 0. The number of carbonyl (C=O) groups is 2. The van der Waals surface area contributed by atoms with Crippen LogP contribution in [0.1, 0.15) is 32.6 Å². The Morgan fingerprint density at radius 1 is 1.36 bits per heavy atom. The lowest BCUT2D eigenvalue weighted by molar-refractivity contribution is -0.166. The van der Waals surface area contributed by atoms with Crippen molar-refractivity contribution in [1.29, 1.82) is 0 Å². The Morgan fingerprint density at radius 3 is 2.79 bits per heavy atom. The molecule has 1 spiro atoms. The largest absolute Gasteiger partial charge is 0.465 e. The van der Waals surface area contributed by atoms with Crippen molar-refractivity contribution in [1.82, 2.24) is 0 Å². The smallest absolute Gasteiger partial charge is 0.319 e. The molecule has 1 fully saturated rings. The standard InChI is InChI=1S/C11H14O3/c1-8-3-5-11(9(12)7-8)4-2-6-14-10(11)13/h7H,2-6H2,1H3. The van der Waals surface area contributed by atoms with Crippen LogP contribution in [0.4, 0.5) is 0 Å². The highest BCUT2D eigenvalue weighted by Gasteiger charge is 2.48. The van der Waals surface area contributed by atoms with Gasteiger partial charge >= 0.3 is 5.97 Å². The third kappa shape index (κ3) is 1.27. The van der Waals surface area contributed by atoms with Gasteiger partial charge in [-0.25, -0.2) is 0 Å². The zero-order valence-corrected chi connectivity index (χ0v) is 8.34. The molecule has 2 rings (SSSR count). The molecular formula is C11H14O3. The first-order chi connectivity index (χ1) is 6.65. The van der Waals surface area contributed by atoms with Crippen molar-refractivity contribution in [3.63, 3.8) is 0 Å². The zero-order chi connectivity index (χ0) is 10.2. The number of esters is 1. The van der Waals surface area contributed by atoms with Gasteiger partial charge < -0.3 is 4.74 Å². The molecule has 0 aromatic rings. The molecule has 1 heterocycles. The number of cyclic esters (lactones) is 1. The first-order valence-corrected chi connectivity index (χ1v) is 5.04. The second-order valence-electron chi connectivity index (χ2n) is 4.18. The van der Waals surface area contributed by atoms with Crippen molar-refractivity contribution >= 4 is 11.8 Å². The highest BCUT2D eigenvalue weighted by molar-refractivity contribution is 6.10. The van der Waals surface area contributed by atoms with Gasteiger partial charge in [0.2, 0.25) is 0 Å². The van der Waals surface area contributed by atoms with Gasteiger partial charge in [0, 0.05) is 0 Å². The van der Waals surface area contributed by atoms with Crippen LogP contribution >= 0.6 is 0 Å². The number of allylic oxidation sites excluding steroid dienone is 2. The van der Waals surface area contributed by atoms with Gasteiger partial charge in [-0.15, -0.1) is 0 Å². The maximum absolute atomic E-state index is 11.8. The normalized spacial score (nSPS) is 32.8. The molecular weight excluding hydrogens is 180 g/mol. The third-order valence-corrected chi connectivity index (χ3v) is 3.17. The number of hydrogen-bond donors (Lipinski definition) is 0. The molecule has 1 atom stereocenters. The van der Waals surface area contributed by atoms with E-state index in [1.54, 1.807) is 6.08 Å². The van der Waals surface area contributed by atoms with Gasteiger partial charge in [0.25, 0.3) is 0 Å². The van der Waals surface area contributed by atoms with Crippen LogP contribution in [-0.2, 0) is 14.3 Å². The van der Waals surface area contributed by atoms with Gasteiger partial charge in [0.05, 0.1) is 6.61 Å². The summed E-state index contributed by atoms with van der Waals surface area (Å²) in [6, 6.07) is 0. The van der Waals surface area contributed by atoms with Crippen LogP contribution in [0.2, 0.25) is 0 Å². The van der Waals surface area contributed by atoms with Crippen LogP contribution < -0.4 is 0 Å². The van der Waals surface area contributed by atoms with E-state index in [2.05, 4.69) is 0 Å². The highest BCUT2D eigenvalue weighted by atomic mass is 16.5. The molecule has 1 saturated heterocycles. The van der Waals surface area contributed by atoms with E-state index in [0.29, 0.717) is 19.4 Å². The fraction of sp³-hybridized carbons (Fsp3) is 0.636. The Bertz CT molecular complexity index is 316. The van der Waals surface area contributed by atoms with Crippen molar-refractivity contribution < 1.29 is 14.3 Å². The van der Waals surface area contributed by atoms with Gasteiger partial charge in [-0.1, -0.05) is 5.57 Å². The minimum atomic E-state index is -0.822. The Labute approximate surface area is 83.1 Å². The summed E-state index contributed by atoms with van der Waals surface area (Å²) in [5.41, 5.74) is 0.247. The van der Waals surface area contributed by atoms with E-state index in [4.69, 9.17) is 4.74 Å². The SMILES string of the molecule is CC1=CC(=O)C2(CCCOC2=O)CC1. The second-order valence-corrected chi connectivity index (χ2v) is 4.18. The predicted octanol–water partition coefficient (Wildman–Crippen LogP) is 1.62. The van der Waals surface area contributed by atoms with E-state index in [-0.39, 0.29) is 11.8 Å². The highest BCUT2D eigenvalue weighted by Crippen LogP contribution is 2.40. The predicted molar refractivity (Wildman–Crippen MR) is 50.6 cm³/mol. The topological polar surface area (TPSA) is 43.4 Å². The summed E-state index contributed by atoms with van der Waals surface area (Å²) in [6.45, 7) is 2.40. The van der Waals surface area contributed by atoms with Crippen LogP contribution in [0, 0.1) is 5.41 Å². The molecule has 0 saturated carbocycles. The number of carbonyl (C=O) groups excluding carboxylic acids is 2. The fourth-order valence-electron chi connectivity index (χ4n) is 2.20. The van der Waals surface area contributed by atoms with Crippen LogP contribution in [0.3, 0.4) is 0 Å². The average molecular weight is 194 g/mol. The van der Waals surface area contributed by atoms with E-state index in [1.807, 2.05) is 6.92 Å². The van der Waals surface area contributed by atoms with Crippen LogP contribution in [-0.4, -0.2) is 18.4 Å². The van der Waals surface area contributed by atoms with Crippen molar-refractivity contribution in [2.75, 3.05) is 6.61 Å². The van der Waals surface area contributed by atoms with Crippen molar-refractivity contribution in [3.8, 4) is 0 Å². The molecule has 0 amide bonds. The quantitative estimate of drug-likeness (QED) is 0.434. The lowest BCUT2D eigenvalue weighted by atomic mass is 9.70. The number of ketones is 1. The van der Waals surface area contributed by atoms with Gasteiger partial charge in [-0.3, -0.25) is 9.59 Å². The molecule has 0 bridgehead atoms. The molecule has 14 heavy (non-hydrogen) atoms.